The minimum absolute atomic E-state index is 0.0641. The number of aromatic amines is 1. The van der Waals surface area contributed by atoms with E-state index in [4.69, 9.17) is 10.3 Å². The van der Waals surface area contributed by atoms with Gasteiger partial charge >= 0.3 is 0 Å². The average Bonchev–Trinajstić information content (AvgIpc) is 3.40. The normalized spacial score (nSPS) is 13.1. The Bertz CT molecular complexity index is 2010. The molecular weight excluding hydrogens is 546 g/mol. The number of nitrogen functional groups attached to an aromatic ring is 1. The second-order valence-electron chi connectivity index (χ2n) is 10.9. The van der Waals surface area contributed by atoms with Crippen molar-refractivity contribution in [3.63, 3.8) is 0 Å². The predicted molar refractivity (Wildman–Crippen MR) is 160 cm³/mol. The van der Waals surface area contributed by atoms with E-state index in [1.807, 2.05) is 34.9 Å². The number of carbonyl (C=O) groups excluding carboxylic acids is 2. The number of fused-ring (bicyclic) bond motifs is 2. The first-order valence-electron chi connectivity index (χ1n) is 14.0. The van der Waals surface area contributed by atoms with Crippen LogP contribution in [-0.4, -0.2) is 47.5 Å². The van der Waals surface area contributed by atoms with Crippen molar-refractivity contribution in [2.75, 3.05) is 5.73 Å². The Morgan fingerprint density at radius 1 is 1.07 bits per heavy atom. The number of anilines is 1. The molecule has 1 saturated carbocycles. The SMILES string of the molecule is Cc1noc(C)c1C(=O)NCc1cc2cc(-c3cccc(C(=O)NC4CC4)c3)cc(Cn3cnc4c(N)ncnc43)c2[nH]1. The summed E-state index contributed by atoms with van der Waals surface area (Å²) in [7, 11) is 0. The number of nitrogens with one attached hydrogen (secondary N) is 3. The molecule has 43 heavy (non-hydrogen) atoms. The molecule has 12 heteroatoms. The molecule has 2 amide bonds. The van der Waals surface area contributed by atoms with E-state index in [1.165, 1.54) is 6.33 Å². The quantitative estimate of drug-likeness (QED) is 0.211. The number of rotatable bonds is 8. The first-order valence-corrected chi connectivity index (χ1v) is 14.0. The number of nitrogens with zero attached hydrogens (tertiary/aromatic N) is 5. The van der Waals surface area contributed by atoms with E-state index >= 15 is 0 Å². The molecule has 0 bridgehead atoms. The van der Waals surface area contributed by atoms with Crippen LogP contribution >= 0.6 is 0 Å². The highest BCUT2D eigenvalue weighted by Crippen LogP contribution is 2.31. The van der Waals surface area contributed by atoms with Gasteiger partial charge in [0.2, 0.25) is 0 Å². The fourth-order valence-corrected chi connectivity index (χ4v) is 5.37. The van der Waals surface area contributed by atoms with Crippen LogP contribution < -0.4 is 16.4 Å². The largest absolute Gasteiger partial charge is 0.382 e. The zero-order valence-electron chi connectivity index (χ0n) is 23.6. The Labute approximate surface area is 245 Å². The molecule has 1 aliphatic rings. The van der Waals surface area contributed by atoms with Gasteiger partial charge in [-0.2, -0.15) is 0 Å². The maximum absolute atomic E-state index is 12.9. The molecule has 0 radical (unpaired) electrons. The Morgan fingerprint density at radius 2 is 1.93 bits per heavy atom. The third-order valence-electron chi connectivity index (χ3n) is 7.71. The van der Waals surface area contributed by atoms with Gasteiger partial charge in [-0.15, -0.1) is 0 Å². The van der Waals surface area contributed by atoms with Gasteiger partial charge in [0.1, 0.15) is 23.2 Å². The minimum atomic E-state index is -0.251. The van der Waals surface area contributed by atoms with Crippen molar-refractivity contribution in [3.8, 4) is 11.1 Å². The van der Waals surface area contributed by atoms with Crippen LogP contribution in [0.5, 0.6) is 0 Å². The van der Waals surface area contributed by atoms with Crippen LogP contribution in [0.3, 0.4) is 0 Å². The summed E-state index contributed by atoms with van der Waals surface area (Å²) in [6.07, 6.45) is 5.18. The molecule has 1 aliphatic carbocycles. The zero-order valence-corrected chi connectivity index (χ0v) is 23.6. The van der Waals surface area contributed by atoms with Gasteiger partial charge in [-0.05, 0) is 73.7 Å². The standard InChI is InChI=1S/C31H29N9O3/c1-16-25(17(2)43-39-16)31(42)33-12-24-11-21-9-20(18-4-3-5-19(8-18)30(41)38-23-6-7-23)10-22(26(21)37-24)13-40-15-36-27-28(32)34-14-35-29(27)40/h3-5,8-11,14-15,23,37H,6-7,12-13H2,1-2H3,(H,33,42)(H,38,41)(H2,32,34,35). The van der Waals surface area contributed by atoms with Crippen LogP contribution in [0, 0.1) is 13.8 Å². The molecule has 4 aromatic heterocycles. The van der Waals surface area contributed by atoms with Crippen molar-refractivity contribution in [1.29, 1.82) is 0 Å². The molecule has 0 spiro atoms. The van der Waals surface area contributed by atoms with Crippen molar-refractivity contribution in [3.05, 3.63) is 89.0 Å². The predicted octanol–water partition coefficient (Wildman–Crippen LogP) is 4.03. The van der Waals surface area contributed by atoms with Gasteiger partial charge < -0.3 is 30.4 Å². The highest BCUT2D eigenvalue weighted by molar-refractivity contribution is 5.97. The second kappa shape index (κ2) is 10.4. The van der Waals surface area contributed by atoms with Gasteiger partial charge in [0, 0.05) is 22.7 Å². The molecule has 5 N–H and O–H groups in total. The maximum atomic E-state index is 12.9. The molecule has 0 unspecified atom stereocenters. The van der Waals surface area contributed by atoms with Crippen molar-refractivity contribution in [2.24, 2.45) is 0 Å². The molecular formula is C31H29N9O3. The molecule has 0 atom stereocenters. The summed E-state index contributed by atoms with van der Waals surface area (Å²) in [6.45, 7) is 4.19. The molecule has 6 aromatic rings. The number of nitrogens with two attached hydrogens (primary N) is 1. The summed E-state index contributed by atoms with van der Waals surface area (Å²) in [5.41, 5.74) is 13.4. The lowest BCUT2D eigenvalue weighted by molar-refractivity contribution is 0.0941. The fraction of sp³-hybridized carbons (Fsp3) is 0.226. The smallest absolute Gasteiger partial charge is 0.257 e. The van der Waals surface area contributed by atoms with Crippen LogP contribution in [0.4, 0.5) is 5.82 Å². The van der Waals surface area contributed by atoms with Gasteiger partial charge in [0.25, 0.3) is 11.8 Å². The highest BCUT2D eigenvalue weighted by Gasteiger charge is 2.24. The van der Waals surface area contributed by atoms with Gasteiger partial charge in [-0.1, -0.05) is 17.3 Å². The van der Waals surface area contributed by atoms with Crippen LogP contribution in [0.2, 0.25) is 0 Å². The molecule has 4 heterocycles. The summed E-state index contributed by atoms with van der Waals surface area (Å²) in [4.78, 5) is 42.0. The molecule has 0 saturated heterocycles. The van der Waals surface area contributed by atoms with Crippen LogP contribution in [0.15, 0.2) is 59.6 Å². The molecule has 12 nitrogen and oxygen atoms in total. The number of hydrogen-bond donors (Lipinski definition) is 4. The second-order valence-corrected chi connectivity index (χ2v) is 10.9. The number of H-pyrrole nitrogens is 1. The Balaban J connectivity index is 1.26. The summed E-state index contributed by atoms with van der Waals surface area (Å²) in [6, 6.07) is 14.1. The summed E-state index contributed by atoms with van der Waals surface area (Å²) in [5.74, 6) is 0.480. The molecule has 2 aromatic carbocycles. The third kappa shape index (κ3) is 5.07. The molecule has 1 fully saturated rings. The first-order chi connectivity index (χ1) is 20.8. The van der Waals surface area contributed by atoms with Crippen LogP contribution in [0.1, 0.15) is 56.3 Å². The fourth-order valence-electron chi connectivity index (χ4n) is 5.37. The van der Waals surface area contributed by atoms with E-state index in [0.717, 1.165) is 46.1 Å². The van der Waals surface area contributed by atoms with Crippen LogP contribution in [-0.2, 0) is 13.1 Å². The number of amides is 2. The molecule has 216 valence electrons. The zero-order chi connectivity index (χ0) is 29.7. The lowest BCUT2D eigenvalue weighted by Gasteiger charge is -2.11. The monoisotopic (exact) mass is 575 g/mol. The van der Waals surface area contributed by atoms with E-state index in [2.05, 4.69) is 47.9 Å². The molecule has 0 aliphatic heterocycles. The highest BCUT2D eigenvalue weighted by atomic mass is 16.5. The number of carbonyl (C=O) groups is 2. The number of benzene rings is 2. The topological polar surface area (TPSA) is 170 Å². The summed E-state index contributed by atoms with van der Waals surface area (Å²) < 4.78 is 7.07. The van der Waals surface area contributed by atoms with Gasteiger partial charge in [-0.25, -0.2) is 15.0 Å². The lowest BCUT2D eigenvalue weighted by atomic mass is 9.98. The number of aryl methyl sites for hydroxylation is 2. The van der Waals surface area contributed by atoms with Crippen molar-refractivity contribution in [1.82, 2.24) is 40.3 Å². The van der Waals surface area contributed by atoms with Gasteiger partial charge in [-0.3, -0.25) is 9.59 Å². The number of imidazole rings is 1. The number of aromatic nitrogens is 6. The average molecular weight is 576 g/mol. The van der Waals surface area contributed by atoms with E-state index in [1.54, 1.807) is 20.2 Å². The van der Waals surface area contributed by atoms with E-state index in [-0.39, 0.29) is 24.4 Å². The summed E-state index contributed by atoms with van der Waals surface area (Å²) in [5, 5.41) is 10.9. The first kappa shape index (κ1) is 26.4. The van der Waals surface area contributed by atoms with Crippen molar-refractivity contribution in [2.45, 2.75) is 45.8 Å². The molecule has 7 rings (SSSR count). The van der Waals surface area contributed by atoms with Gasteiger partial charge in [0.15, 0.2) is 11.5 Å². The van der Waals surface area contributed by atoms with E-state index < -0.39 is 0 Å². The van der Waals surface area contributed by atoms with Gasteiger partial charge in [0.05, 0.1) is 30.6 Å². The minimum Gasteiger partial charge on any atom is -0.382 e. The number of hydrogen-bond acceptors (Lipinski definition) is 8. The third-order valence-corrected chi connectivity index (χ3v) is 7.71. The Kier molecular flexibility index (Phi) is 6.38. The van der Waals surface area contributed by atoms with Crippen LogP contribution in [0.25, 0.3) is 33.2 Å². The van der Waals surface area contributed by atoms with Crippen molar-refractivity contribution < 1.29 is 14.1 Å². The van der Waals surface area contributed by atoms with Crippen molar-refractivity contribution >= 4 is 39.7 Å². The van der Waals surface area contributed by atoms with E-state index in [9.17, 15) is 9.59 Å². The van der Waals surface area contributed by atoms with E-state index in [0.29, 0.717) is 46.1 Å². The lowest BCUT2D eigenvalue weighted by Crippen LogP contribution is -2.25. The maximum Gasteiger partial charge on any atom is 0.257 e. The Morgan fingerprint density at radius 3 is 2.72 bits per heavy atom. The summed E-state index contributed by atoms with van der Waals surface area (Å²) >= 11 is 0. The Hall–Kier alpha value is -5.52.